The molecule has 0 aliphatic heterocycles. The third-order valence-electron chi connectivity index (χ3n) is 2.23. The van der Waals surface area contributed by atoms with Crippen LogP contribution < -0.4 is 5.56 Å². The molecule has 4 heteroatoms. The molecule has 0 bridgehead atoms. The molecule has 0 fully saturated rings. The first-order valence-corrected chi connectivity index (χ1v) is 6.71. The second-order valence-electron chi connectivity index (χ2n) is 5.08. The lowest BCUT2D eigenvalue weighted by Crippen LogP contribution is -2.27. The first-order chi connectivity index (χ1) is 7.42. The largest absolute Gasteiger partial charge is 0.310 e. The van der Waals surface area contributed by atoms with E-state index in [0.29, 0.717) is 5.92 Å². The van der Waals surface area contributed by atoms with Crippen LogP contribution >= 0.6 is 11.8 Å². The molecule has 0 saturated carbocycles. The molecule has 1 N–H and O–H groups in total. The Kier molecular flexibility index (Phi) is 4.59. The summed E-state index contributed by atoms with van der Waals surface area (Å²) in [6.45, 7) is 8.64. The fourth-order valence-electron chi connectivity index (χ4n) is 1.33. The highest BCUT2D eigenvalue weighted by molar-refractivity contribution is 7.99. The van der Waals surface area contributed by atoms with E-state index in [1.54, 1.807) is 6.20 Å². The first kappa shape index (κ1) is 13.3. The molecule has 0 atom stereocenters. The van der Waals surface area contributed by atoms with E-state index >= 15 is 0 Å². The van der Waals surface area contributed by atoms with Gasteiger partial charge in [0.25, 0.3) is 5.56 Å². The lowest BCUT2D eigenvalue weighted by Gasteiger charge is -2.23. The minimum absolute atomic E-state index is 0.0769. The predicted molar refractivity (Wildman–Crippen MR) is 70.0 cm³/mol. The fraction of sp³-hybridized carbons (Fsp3) is 0.667. The molecule has 0 aliphatic carbocycles. The number of nitrogens with one attached hydrogen (secondary N) is 1. The molecule has 1 aromatic rings. The topological polar surface area (TPSA) is 45.8 Å². The third-order valence-corrected chi connectivity index (χ3v) is 4.05. The summed E-state index contributed by atoms with van der Waals surface area (Å²) in [5.41, 5.74) is -0.160. The SMILES string of the molecule is CC(C)CSCC(C)(C)c1nccc(=O)[nH]1. The average molecular weight is 240 g/mol. The third kappa shape index (κ3) is 4.00. The van der Waals surface area contributed by atoms with Crippen molar-refractivity contribution in [3.05, 3.63) is 28.4 Å². The highest BCUT2D eigenvalue weighted by Crippen LogP contribution is 2.24. The van der Waals surface area contributed by atoms with Gasteiger partial charge in [0.15, 0.2) is 0 Å². The molecule has 1 heterocycles. The minimum atomic E-state index is -0.0834. The Labute approximate surface area is 101 Å². The van der Waals surface area contributed by atoms with Crippen LogP contribution in [0.25, 0.3) is 0 Å². The smallest absolute Gasteiger partial charge is 0.250 e. The van der Waals surface area contributed by atoms with Gasteiger partial charge >= 0.3 is 0 Å². The van der Waals surface area contributed by atoms with Crippen molar-refractivity contribution >= 4 is 11.8 Å². The summed E-state index contributed by atoms with van der Waals surface area (Å²) in [6, 6.07) is 1.45. The molecule has 0 radical (unpaired) electrons. The molecule has 1 aromatic heterocycles. The van der Waals surface area contributed by atoms with E-state index in [1.165, 1.54) is 6.07 Å². The van der Waals surface area contributed by atoms with Gasteiger partial charge in [0.2, 0.25) is 0 Å². The van der Waals surface area contributed by atoms with Crippen molar-refractivity contribution in [3.8, 4) is 0 Å². The number of aromatic amines is 1. The Morgan fingerprint density at radius 2 is 2.19 bits per heavy atom. The van der Waals surface area contributed by atoms with Gasteiger partial charge in [0, 0.05) is 23.4 Å². The minimum Gasteiger partial charge on any atom is -0.310 e. The van der Waals surface area contributed by atoms with Crippen molar-refractivity contribution in [2.75, 3.05) is 11.5 Å². The number of hydrogen-bond acceptors (Lipinski definition) is 3. The average Bonchev–Trinajstić information content (AvgIpc) is 2.16. The first-order valence-electron chi connectivity index (χ1n) is 5.55. The van der Waals surface area contributed by atoms with Gasteiger partial charge in [0.05, 0.1) is 0 Å². The van der Waals surface area contributed by atoms with Gasteiger partial charge in [-0.15, -0.1) is 0 Å². The number of aromatic nitrogens is 2. The van der Waals surface area contributed by atoms with Gasteiger partial charge in [-0.1, -0.05) is 27.7 Å². The van der Waals surface area contributed by atoms with Crippen molar-refractivity contribution in [1.82, 2.24) is 9.97 Å². The maximum absolute atomic E-state index is 11.2. The quantitative estimate of drug-likeness (QED) is 0.860. The number of nitrogens with zero attached hydrogens (tertiary/aromatic N) is 1. The lowest BCUT2D eigenvalue weighted by atomic mass is 9.95. The van der Waals surface area contributed by atoms with E-state index in [2.05, 4.69) is 37.7 Å². The zero-order valence-electron chi connectivity index (χ0n) is 10.4. The van der Waals surface area contributed by atoms with Crippen molar-refractivity contribution in [1.29, 1.82) is 0 Å². The Hall–Kier alpha value is -0.770. The summed E-state index contributed by atoms with van der Waals surface area (Å²) < 4.78 is 0. The zero-order chi connectivity index (χ0) is 12.2. The fourth-order valence-corrected chi connectivity index (χ4v) is 2.57. The van der Waals surface area contributed by atoms with Crippen LogP contribution in [-0.4, -0.2) is 21.5 Å². The lowest BCUT2D eigenvalue weighted by molar-refractivity contribution is 0.552. The zero-order valence-corrected chi connectivity index (χ0v) is 11.2. The van der Waals surface area contributed by atoms with E-state index in [0.717, 1.165) is 17.3 Å². The number of H-pyrrole nitrogens is 1. The van der Waals surface area contributed by atoms with Gasteiger partial charge in [-0.05, 0) is 11.7 Å². The van der Waals surface area contributed by atoms with Crippen LogP contribution in [0.5, 0.6) is 0 Å². The number of hydrogen-bond donors (Lipinski definition) is 1. The molecule has 1 rings (SSSR count). The summed E-state index contributed by atoms with van der Waals surface area (Å²) >= 11 is 1.91. The van der Waals surface area contributed by atoms with Gasteiger partial charge < -0.3 is 4.98 Å². The molecular weight excluding hydrogens is 220 g/mol. The van der Waals surface area contributed by atoms with E-state index in [1.807, 2.05) is 11.8 Å². The van der Waals surface area contributed by atoms with Crippen LogP contribution in [0, 0.1) is 5.92 Å². The summed E-state index contributed by atoms with van der Waals surface area (Å²) in [6.07, 6.45) is 1.57. The van der Waals surface area contributed by atoms with Crippen LogP contribution in [0.1, 0.15) is 33.5 Å². The van der Waals surface area contributed by atoms with E-state index in [9.17, 15) is 4.79 Å². The molecule has 16 heavy (non-hydrogen) atoms. The van der Waals surface area contributed by atoms with E-state index in [-0.39, 0.29) is 11.0 Å². The second kappa shape index (κ2) is 5.53. The van der Waals surface area contributed by atoms with Crippen LogP contribution in [-0.2, 0) is 5.41 Å². The second-order valence-corrected chi connectivity index (χ2v) is 6.11. The predicted octanol–water partition coefficient (Wildman–Crippen LogP) is 2.44. The Bertz CT molecular complexity index is 385. The summed E-state index contributed by atoms with van der Waals surface area (Å²) in [4.78, 5) is 18.3. The summed E-state index contributed by atoms with van der Waals surface area (Å²) in [5, 5.41) is 0. The van der Waals surface area contributed by atoms with Crippen LogP contribution in [0.2, 0.25) is 0 Å². The Morgan fingerprint density at radius 3 is 2.75 bits per heavy atom. The molecule has 0 saturated heterocycles. The maximum Gasteiger partial charge on any atom is 0.250 e. The summed E-state index contributed by atoms with van der Waals surface area (Å²) in [7, 11) is 0. The van der Waals surface area contributed by atoms with Gasteiger partial charge in [-0.3, -0.25) is 4.79 Å². The molecule has 0 aromatic carbocycles. The maximum atomic E-state index is 11.2. The highest BCUT2D eigenvalue weighted by atomic mass is 32.2. The van der Waals surface area contributed by atoms with E-state index in [4.69, 9.17) is 0 Å². The number of thioether (sulfide) groups is 1. The normalized spacial score (nSPS) is 12.1. The molecule has 0 aliphatic rings. The Morgan fingerprint density at radius 1 is 1.50 bits per heavy atom. The summed E-state index contributed by atoms with van der Waals surface area (Å²) in [5.74, 6) is 3.58. The van der Waals surface area contributed by atoms with Gasteiger partial charge in [-0.2, -0.15) is 11.8 Å². The van der Waals surface area contributed by atoms with Crippen molar-refractivity contribution in [3.63, 3.8) is 0 Å². The molecule has 90 valence electrons. The monoisotopic (exact) mass is 240 g/mol. The molecule has 0 amide bonds. The molecule has 3 nitrogen and oxygen atoms in total. The highest BCUT2D eigenvalue weighted by Gasteiger charge is 2.23. The molecular formula is C12H20N2OS. The molecule has 0 spiro atoms. The standard InChI is InChI=1S/C12H20N2OS/c1-9(2)7-16-8-12(3,4)11-13-6-5-10(15)14-11/h5-6,9H,7-8H2,1-4H3,(H,13,14,15). The van der Waals surface area contributed by atoms with Crippen molar-refractivity contribution in [2.24, 2.45) is 5.92 Å². The molecule has 0 unspecified atom stereocenters. The van der Waals surface area contributed by atoms with E-state index < -0.39 is 0 Å². The van der Waals surface area contributed by atoms with Crippen LogP contribution in [0.4, 0.5) is 0 Å². The van der Waals surface area contributed by atoms with Crippen molar-refractivity contribution < 1.29 is 0 Å². The van der Waals surface area contributed by atoms with Crippen molar-refractivity contribution in [2.45, 2.75) is 33.1 Å². The number of rotatable bonds is 5. The Balaban J connectivity index is 2.66. The van der Waals surface area contributed by atoms with Gasteiger partial charge in [-0.25, -0.2) is 4.98 Å². The van der Waals surface area contributed by atoms with Gasteiger partial charge in [0.1, 0.15) is 5.82 Å². The van der Waals surface area contributed by atoms with Crippen LogP contribution in [0.15, 0.2) is 17.1 Å². The van der Waals surface area contributed by atoms with Crippen LogP contribution in [0.3, 0.4) is 0 Å².